The summed E-state index contributed by atoms with van der Waals surface area (Å²) in [4.78, 5) is 12.8. The van der Waals surface area contributed by atoms with Gasteiger partial charge in [0.25, 0.3) is 0 Å². The van der Waals surface area contributed by atoms with Gasteiger partial charge in [-0.25, -0.2) is 0 Å². The van der Waals surface area contributed by atoms with E-state index in [2.05, 4.69) is 10.2 Å². The van der Waals surface area contributed by atoms with Crippen molar-refractivity contribution >= 4 is 17.7 Å². The standard InChI is InChI=1S/C21H16N2O2/c24-19-13-7-8-16(14-19)15-22-23-20(17-9-3-1-4-10-17)21(25)18-11-5-2-6-12-18/h1-15,24H/b22-15-,23-20-. The lowest BCUT2D eigenvalue weighted by molar-refractivity contribution is 0.106. The molecule has 4 nitrogen and oxygen atoms in total. The molecule has 0 aliphatic carbocycles. The minimum Gasteiger partial charge on any atom is -0.508 e. The van der Waals surface area contributed by atoms with Crippen molar-refractivity contribution in [2.24, 2.45) is 10.2 Å². The molecule has 0 aromatic heterocycles. The number of hydrogen-bond acceptors (Lipinski definition) is 4. The molecule has 0 aliphatic heterocycles. The maximum atomic E-state index is 12.8. The van der Waals surface area contributed by atoms with Crippen molar-refractivity contribution in [3.05, 3.63) is 102 Å². The minimum atomic E-state index is -0.195. The van der Waals surface area contributed by atoms with Crippen molar-refractivity contribution in [2.45, 2.75) is 0 Å². The second kappa shape index (κ2) is 7.84. The molecular formula is C21H16N2O2. The SMILES string of the molecule is O=C(/C(=N\N=C/c1cccc(O)c1)c1ccccc1)c1ccccc1. The quantitative estimate of drug-likeness (QED) is 0.435. The fraction of sp³-hybridized carbons (Fsp3) is 0. The third kappa shape index (κ3) is 4.26. The van der Waals surface area contributed by atoms with Gasteiger partial charge in [0.05, 0.1) is 6.21 Å². The van der Waals surface area contributed by atoms with Gasteiger partial charge >= 0.3 is 0 Å². The zero-order valence-corrected chi connectivity index (χ0v) is 13.4. The van der Waals surface area contributed by atoms with Crippen LogP contribution in [-0.2, 0) is 0 Å². The Kier molecular flexibility index (Phi) is 5.12. The summed E-state index contributed by atoms with van der Waals surface area (Å²) in [5.41, 5.74) is 2.22. The summed E-state index contributed by atoms with van der Waals surface area (Å²) in [5.74, 6) is -0.0450. The second-order valence-electron chi connectivity index (χ2n) is 5.35. The first-order valence-electron chi connectivity index (χ1n) is 7.79. The first-order chi connectivity index (χ1) is 12.2. The van der Waals surface area contributed by atoms with Crippen LogP contribution in [0.1, 0.15) is 21.5 Å². The Hall–Kier alpha value is -3.53. The van der Waals surface area contributed by atoms with Crippen molar-refractivity contribution < 1.29 is 9.90 Å². The van der Waals surface area contributed by atoms with Gasteiger partial charge in [-0.15, -0.1) is 5.10 Å². The summed E-state index contributed by atoms with van der Waals surface area (Å²) in [6, 6.07) is 24.9. The number of rotatable bonds is 5. The molecule has 0 unspecified atom stereocenters. The number of nitrogens with zero attached hydrogens (tertiary/aromatic N) is 2. The normalized spacial score (nSPS) is 11.6. The number of ketones is 1. The Labute approximate surface area is 145 Å². The molecule has 0 bridgehead atoms. The molecule has 0 aliphatic rings. The van der Waals surface area contributed by atoms with E-state index in [9.17, 15) is 9.90 Å². The summed E-state index contributed by atoms with van der Waals surface area (Å²) >= 11 is 0. The van der Waals surface area contributed by atoms with Gasteiger partial charge in [-0.05, 0) is 17.7 Å². The molecule has 0 saturated heterocycles. The smallest absolute Gasteiger partial charge is 0.213 e. The average Bonchev–Trinajstić information content (AvgIpc) is 2.66. The van der Waals surface area contributed by atoms with Gasteiger partial charge in [0.2, 0.25) is 5.78 Å². The molecule has 25 heavy (non-hydrogen) atoms. The van der Waals surface area contributed by atoms with E-state index < -0.39 is 0 Å². The summed E-state index contributed by atoms with van der Waals surface area (Å²) in [7, 11) is 0. The van der Waals surface area contributed by atoms with Crippen molar-refractivity contribution in [2.75, 3.05) is 0 Å². The fourth-order valence-electron chi connectivity index (χ4n) is 2.31. The van der Waals surface area contributed by atoms with Gasteiger partial charge < -0.3 is 5.11 Å². The van der Waals surface area contributed by atoms with Crippen LogP contribution in [0.3, 0.4) is 0 Å². The monoisotopic (exact) mass is 328 g/mol. The van der Waals surface area contributed by atoms with Crippen LogP contribution < -0.4 is 0 Å². The Balaban J connectivity index is 1.95. The van der Waals surface area contributed by atoms with Gasteiger partial charge in [0, 0.05) is 11.1 Å². The number of hydrogen-bond donors (Lipinski definition) is 1. The highest BCUT2D eigenvalue weighted by Crippen LogP contribution is 2.11. The third-order valence-corrected chi connectivity index (χ3v) is 3.53. The van der Waals surface area contributed by atoms with E-state index in [0.29, 0.717) is 16.7 Å². The largest absolute Gasteiger partial charge is 0.508 e. The molecule has 0 amide bonds. The molecule has 4 heteroatoms. The van der Waals surface area contributed by atoms with Gasteiger partial charge in [-0.1, -0.05) is 72.8 Å². The summed E-state index contributed by atoms with van der Waals surface area (Å²) < 4.78 is 0. The molecule has 3 aromatic rings. The number of Topliss-reactive ketones (excluding diaryl/α,β-unsaturated/α-hetero) is 1. The van der Waals surface area contributed by atoms with E-state index in [0.717, 1.165) is 0 Å². The van der Waals surface area contributed by atoms with Gasteiger partial charge in [0.15, 0.2) is 0 Å². The number of phenolic OH excluding ortho intramolecular Hbond substituents is 1. The lowest BCUT2D eigenvalue weighted by atomic mass is 10.0. The topological polar surface area (TPSA) is 62.0 Å². The Bertz CT molecular complexity index is 917. The summed E-state index contributed by atoms with van der Waals surface area (Å²) in [6.07, 6.45) is 1.50. The van der Waals surface area contributed by atoms with Crippen molar-refractivity contribution in [3.63, 3.8) is 0 Å². The van der Waals surface area contributed by atoms with Crippen LogP contribution in [0.15, 0.2) is 95.1 Å². The fourth-order valence-corrected chi connectivity index (χ4v) is 2.31. The van der Waals surface area contributed by atoms with E-state index in [1.54, 1.807) is 36.4 Å². The maximum absolute atomic E-state index is 12.8. The number of phenols is 1. The zero-order chi connectivity index (χ0) is 17.5. The molecular weight excluding hydrogens is 312 g/mol. The number of benzene rings is 3. The average molecular weight is 328 g/mol. The highest BCUT2D eigenvalue weighted by Gasteiger charge is 2.15. The van der Waals surface area contributed by atoms with Crippen molar-refractivity contribution in [1.82, 2.24) is 0 Å². The predicted molar refractivity (Wildman–Crippen MR) is 99.5 cm³/mol. The molecule has 122 valence electrons. The van der Waals surface area contributed by atoms with Crippen LogP contribution in [0.5, 0.6) is 5.75 Å². The molecule has 0 saturated carbocycles. The van der Waals surface area contributed by atoms with Crippen LogP contribution in [0.25, 0.3) is 0 Å². The van der Waals surface area contributed by atoms with E-state index in [1.165, 1.54) is 6.21 Å². The molecule has 0 spiro atoms. The molecule has 3 rings (SSSR count). The van der Waals surface area contributed by atoms with Crippen molar-refractivity contribution in [1.29, 1.82) is 0 Å². The number of carbonyl (C=O) groups excluding carboxylic acids is 1. The zero-order valence-electron chi connectivity index (χ0n) is 13.4. The second-order valence-corrected chi connectivity index (χ2v) is 5.35. The Morgan fingerprint density at radius 2 is 1.44 bits per heavy atom. The first-order valence-corrected chi connectivity index (χ1v) is 7.79. The van der Waals surface area contributed by atoms with Gasteiger partial charge in [-0.2, -0.15) is 5.10 Å². The lowest BCUT2D eigenvalue weighted by Gasteiger charge is -2.04. The molecule has 0 heterocycles. The van der Waals surface area contributed by atoms with E-state index in [4.69, 9.17) is 0 Å². The number of carbonyl (C=O) groups is 1. The molecule has 0 atom stereocenters. The lowest BCUT2D eigenvalue weighted by Crippen LogP contribution is -2.15. The first kappa shape index (κ1) is 16.3. The van der Waals surface area contributed by atoms with Crippen LogP contribution in [0.2, 0.25) is 0 Å². The van der Waals surface area contributed by atoms with Crippen LogP contribution in [0.4, 0.5) is 0 Å². The van der Waals surface area contributed by atoms with Crippen LogP contribution >= 0.6 is 0 Å². The number of aromatic hydroxyl groups is 1. The van der Waals surface area contributed by atoms with Gasteiger partial charge in [-0.3, -0.25) is 4.79 Å². The molecule has 1 N–H and O–H groups in total. The van der Waals surface area contributed by atoms with E-state index in [-0.39, 0.29) is 17.2 Å². The summed E-state index contributed by atoms with van der Waals surface area (Å²) in [6.45, 7) is 0. The Morgan fingerprint density at radius 3 is 2.08 bits per heavy atom. The highest BCUT2D eigenvalue weighted by molar-refractivity contribution is 6.51. The van der Waals surface area contributed by atoms with E-state index >= 15 is 0 Å². The molecule has 0 radical (unpaired) electrons. The summed E-state index contributed by atoms with van der Waals surface area (Å²) in [5, 5.41) is 17.7. The van der Waals surface area contributed by atoms with Crippen LogP contribution in [-0.4, -0.2) is 22.8 Å². The third-order valence-electron chi connectivity index (χ3n) is 3.53. The van der Waals surface area contributed by atoms with E-state index in [1.807, 2.05) is 48.5 Å². The molecule has 0 fully saturated rings. The molecule has 3 aromatic carbocycles. The predicted octanol–water partition coefficient (Wildman–Crippen LogP) is 4.10. The van der Waals surface area contributed by atoms with Crippen LogP contribution in [0, 0.1) is 0 Å². The van der Waals surface area contributed by atoms with Crippen molar-refractivity contribution in [3.8, 4) is 5.75 Å². The Morgan fingerprint density at radius 1 is 0.800 bits per heavy atom. The minimum absolute atomic E-state index is 0.150. The highest BCUT2D eigenvalue weighted by atomic mass is 16.3. The maximum Gasteiger partial charge on any atom is 0.213 e. The van der Waals surface area contributed by atoms with Gasteiger partial charge in [0.1, 0.15) is 11.5 Å².